The van der Waals surface area contributed by atoms with Crippen molar-refractivity contribution in [3.63, 3.8) is 0 Å². The molecule has 3 heteroatoms. The largest absolute Gasteiger partial charge is 0.330 e. The molecule has 90 valence electrons. The van der Waals surface area contributed by atoms with Gasteiger partial charge in [-0.1, -0.05) is 0 Å². The average molecular weight is 213 g/mol. The van der Waals surface area contributed by atoms with Crippen molar-refractivity contribution in [3.05, 3.63) is 0 Å². The van der Waals surface area contributed by atoms with Crippen LogP contribution in [-0.2, 0) is 0 Å². The van der Waals surface area contributed by atoms with Crippen LogP contribution in [-0.4, -0.2) is 54.6 Å². The lowest BCUT2D eigenvalue weighted by Crippen LogP contribution is -2.44. The van der Waals surface area contributed by atoms with Gasteiger partial charge in [-0.25, -0.2) is 0 Å². The molecule has 1 heterocycles. The van der Waals surface area contributed by atoms with Gasteiger partial charge >= 0.3 is 0 Å². The van der Waals surface area contributed by atoms with Crippen LogP contribution in [0.1, 0.15) is 33.6 Å². The molecule has 15 heavy (non-hydrogen) atoms. The molecule has 1 saturated heterocycles. The number of likely N-dealkylation sites (N-methyl/N-ethyl adjacent to an activating group) is 1. The molecule has 2 N–H and O–H groups in total. The van der Waals surface area contributed by atoms with Crippen LogP contribution >= 0.6 is 0 Å². The molecular formula is C12H27N3. The number of hydrogen-bond acceptors (Lipinski definition) is 3. The van der Waals surface area contributed by atoms with Crippen molar-refractivity contribution in [1.82, 2.24) is 9.80 Å². The zero-order valence-corrected chi connectivity index (χ0v) is 10.7. The van der Waals surface area contributed by atoms with Gasteiger partial charge in [0.25, 0.3) is 0 Å². The third kappa shape index (κ3) is 3.44. The summed E-state index contributed by atoms with van der Waals surface area (Å²) < 4.78 is 0. The second kappa shape index (κ2) is 5.83. The molecule has 2 unspecified atom stereocenters. The van der Waals surface area contributed by atoms with Crippen LogP contribution in [0.5, 0.6) is 0 Å². The van der Waals surface area contributed by atoms with Crippen LogP contribution < -0.4 is 5.73 Å². The van der Waals surface area contributed by atoms with Gasteiger partial charge in [0, 0.05) is 24.7 Å². The summed E-state index contributed by atoms with van der Waals surface area (Å²) in [4.78, 5) is 5.09. The van der Waals surface area contributed by atoms with Crippen molar-refractivity contribution < 1.29 is 0 Å². The average Bonchev–Trinajstić information content (AvgIpc) is 2.32. The van der Waals surface area contributed by atoms with E-state index < -0.39 is 0 Å². The minimum absolute atomic E-state index is 0.634. The zero-order chi connectivity index (χ0) is 11.4. The Labute approximate surface area is 94.6 Å². The lowest BCUT2D eigenvalue weighted by molar-refractivity contribution is 0.156. The minimum Gasteiger partial charge on any atom is -0.330 e. The Morgan fingerprint density at radius 1 is 1.40 bits per heavy atom. The van der Waals surface area contributed by atoms with E-state index in [0.29, 0.717) is 18.1 Å². The van der Waals surface area contributed by atoms with Crippen molar-refractivity contribution in [1.29, 1.82) is 0 Å². The predicted molar refractivity (Wildman–Crippen MR) is 66.0 cm³/mol. The molecule has 1 fully saturated rings. The van der Waals surface area contributed by atoms with Gasteiger partial charge in [-0.15, -0.1) is 0 Å². The van der Waals surface area contributed by atoms with E-state index in [-0.39, 0.29) is 0 Å². The monoisotopic (exact) mass is 213 g/mol. The van der Waals surface area contributed by atoms with Crippen LogP contribution in [0.4, 0.5) is 0 Å². The van der Waals surface area contributed by atoms with Gasteiger partial charge in [-0.05, 0) is 53.8 Å². The molecule has 1 rings (SSSR count). The van der Waals surface area contributed by atoms with Crippen molar-refractivity contribution in [2.24, 2.45) is 5.73 Å². The quantitative estimate of drug-likeness (QED) is 0.763. The summed E-state index contributed by atoms with van der Waals surface area (Å²) in [6.07, 6.45) is 2.39. The van der Waals surface area contributed by atoms with Gasteiger partial charge in [-0.3, -0.25) is 9.80 Å². The highest BCUT2D eigenvalue weighted by atomic mass is 15.3. The van der Waals surface area contributed by atoms with E-state index in [1.807, 2.05) is 0 Å². The SMILES string of the molecule is CC(C)N1CCC(C)N(C)C(CCN)C1. The molecule has 0 aromatic carbocycles. The summed E-state index contributed by atoms with van der Waals surface area (Å²) >= 11 is 0. The van der Waals surface area contributed by atoms with E-state index in [0.717, 1.165) is 13.0 Å². The van der Waals surface area contributed by atoms with Gasteiger partial charge in [0.05, 0.1) is 0 Å². The number of nitrogens with zero attached hydrogens (tertiary/aromatic N) is 2. The first kappa shape index (κ1) is 12.9. The van der Waals surface area contributed by atoms with Gasteiger partial charge in [0.15, 0.2) is 0 Å². The predicted octanol–water partition coefficient (Wildman–Crippen LogP) is 1.14. The molecule has 0 aromatic rings. The summed E-state index contributed by atoms with van der Waals surface area (Å²) in [5.74, 6) is 0. The van der Waals surface area contributed by atoms with E-state index in [9.17, 15) is 0 Å². The van der Waals surface area contributed by atoms with E-state index in [1.165, 1.54) is 19.5 Å². The topological polar surface area (TPSA) is 32.5 Å². The molecule has 2 atom stereocenters. The van der Waals surface area contributed by atoms with Gasteiger partial charge in [0.1, 0.15) is 0 Å². The maximum absolute atomic E-state index is 5.69. The fourth-order valence-corrected chi connectivity index (χ4v) is 2.36. The van der Waals surface area contributed by atoms with Crippen molar-refractivity contribution in [3.8, 4) is 0 Å². The molecule has 0 saturated carbocycles. The van der Waals surface area contributed by atoms with Crippen LogP contribution in [0.2, 0.25) is 0 Å². The Morgan fingerprint density at radius 3 is 2.60 bits per heavy atom. The van der Waals surface area contributed by atoms with Crippen molar-refractivity contribution in [2.45, 2.75) is 51.7 Å². The lowest BCUT2D eigenvalue weighted by atomic mass is 10.1. The van der Waals surface area contributed by atoms with E-state index in [2.05, 4.69) is 37.6 Å². The van der Waals surface area contributed by atoms with E-state index >= 15 is 0 Å². The molecule has 1 aliphatic heterocycles. The summed E-state index contributed by atoms with van der Waals surface area (Å²) in [6.45, 7) is 10.1. The standard InChI is InChI=1S/C12H27N3/c1-10(2)15-8-6-11(3)14(4)12(9-15)5-7-13/h10-12H,5-9,13H2,1-4H3. The third-order valence-electron chi connectivity index (χ3n) is 3.78. The number of nitrogens with two attached hydrogens (primary N) is 1. The second-order valence-corrected chi connectivity index (χ2v) is 5.12. The first-order valence-corrected chi connectivity index (χ1v) is 6.22. The number of rotatable bonds is 3. The Bertz CT molecular complexity index is 182. The van der Waals surface area contributed by atoms with Crippen LogP contribution in [0.15, 0.2) is 0 Å². The summed E-state index contributed by atoms with van der Waals surface area (Å²) in [5, 5.41) is 0. The molecule has 0 spiro atoms. The van der Waals surface area contributed by atoms with Crippen LogP contribution in [0, 0.1) is 0 Å². The Hall–Kier alpha value is -0.120. The van der Waals surface area contributed by atoms with E-state index in [1.54, 1.807) is 0 Å². The van der Waals surface area contributed by atoms with Crippen molar-refractivity contribution >= 4 is 0 Å². The third-order valence-corrected chi connectivity index (χ3v) is 3.78. The van der Waals surface area contributed by atoms with Crippen LogP contribution in [0.3, 0.4) is 0 Å². The summed E-state index contributed by atoms with van der Waals surface area (Å²) in [5.41, 5.74) is 5.69. The lowest BCUT2D eigenvalue weighted by Gasteiger charge is -2.32. The highest BCUT2D eigenvalue weighted by Gasteiger charge is 2.26. The zero-order valence-electron chi connectivity index (χ0n) is 10.7. The molecule has 0 bridgehead atoms. The van der Waals surface area contributed by atoms with Gasteiger partial charge in [0.2, 0.25) is 0 Å². The Kier molecular flexibility index (Phi) is 5.03. The normalized spacial score (nSPS) is 30.8. The van der Waals surface area contributed by atoms with Gasteiger partial charge in [-0.2, -0.15) is 0 Å². The molecule has 3 nitrogen and oxygen atoms in total. The molecule has 1 aliphatic rings. The Balaban J connectivity index is 2.64. The molecule has 0 aromatic heterocycles. The first-order valence-electron chi connectivity index (χ1n) is 6.22. The maximum atomic E-state index is 5.69. The maximum Gasteiger partial charge on any atom is 0.0235 e. The van der Waals surface area contributed by atoms with Gasteiger partial charge < -0.3 is 5.73 Å². The fraction of sp³-hybridized carbons (Fsp3) is 1.00. The highest BCUT2D eigenvalue weighted by Crippen LogP contribution is 2.17. The summed E-state index contributed by atoms with van der Waals surface area (Å²) in [6, 6.07) is 1.98. The molecule has 0 amide bonds. The minimum atomic E-state index is 0.634. The molecule has 0 radical (unpaired) electrons. The van der Waals surface area contributed by atoms with E-state index in [4.69, 9.17) is 5.73 Å². The van der Waals surface area contributed by atoms with Crippen LogP contribution in [0.25, 0.3) is 0 Å². The molecule has 0 aliphatic carbocycles. The summed E-state index contributed by atoms with van der Waals surface area (Å²) in [7, 11) is 2.24. The first-order chi connectivity index (χ1) is 7.06. The number of hydrogen-bond donors (Lipinski definition) is 1. The highest BCUT2D eigenvalue weighted by molar-refractivity contribution is 4.83. The second-order valence-electron chi connectivity index (χ2n) is 5.12. The smallest absolute Gasteiger partial charge is 0.0235 e. The molecular weight excluding hydrogens is 186 g/mol. The Morgan fingerprint density at radius 2 is 2.07 bits per heavy atom. The van der Waals surface area contributed by atoms with Crippen molar-refractivity contribution in [2.75, 3.05) is 26.7 Å². The fourth-order valence-electron chi connectivity index (χ4n) is 2.36.